The van der Waals surface area contributed by atoms with Crippen LogP contribution in [-0.2, 0) is 19.1 Å². The lowest BCUT2D eigenvalue weighted by molar-refractivity contribution is -0.149. The van der Waals surface area contributed by atoms with Gasteiger partial charge in [0, 0.05) is 13.1 Å². The number of amides is 3. The van der Waals surface area contributed by atoms with Gasteiger partial charge in [-0.1, -0.05) is 0 Å². The number of carbonyl (C=O) groups is 3. The van der Waals surface area contributed by atoms with Crippen molar-refractivity contribution in [3.63, 3.8) is 0 Å². The van der Waals surface area contributed by atoms with Crippen molar-refractivity contribution in [2.24, 2.45) is 5.73 Å². The molecular formula is C10H16N4O4. The van der Waals surface area contributed by atoms with E-state index in [-0.39, 0.29) is 31.5 Å². The van der Waals surface area contributed by atoms with E-state index < -0.39 is 18.0 Å². The molecule has 100 valence electrons. The highest BCUT2D eigenvalue weighted by Crippen LogP contribution is 2.09. The van der Waals surface area contributed by atoms with Crippen molar-refractivity contribution in [2.75, 3.05) is 32.8 Å². The molecule has 0 aromatic heterocycles. The number of rotatable bonds is 2. The Hall–Kier alpha value is -1.67. The predicted octanol–water partition coefficient (Wildman–Crippen LogP) is -3.21. The molecule has 2 rings (SSSR count). The molecule has 0 saturated carbocycles. The number of nitrogens with zero attached hydrogens (tertiary/aromatic N) is 1. The zero-order valence-corrected chi connectivity index (χ0v) is 9.85. The average Bonchev–Trinajstić information content (AvgIpc) is 2.39. The maximum atomic E-state index is 12.2. The van der Waals surface area contributed by atoms with Crippen LogP contribution in [0.5, 0.6) is 0 Å². The van der Waals surface area contributed by atoms with E-state index in [1.165, 1.54) is 4.90 Å². The van der Waals surface area contributed by atoms with Crippen molar-refractivity contribution >= 4 is 17.7 Å². The van der Waals surface area contributed by atoms with Crippen molar-refractivity contribution in [1.82, 2.24) is 15.5 Å². The van der Waals surface area contributed by atoms with Gasteiger partial charge in [0.1, 0.15) is 12.1 Å². The van der Waals surface area contributed by atoms with Crippen molar-refractivity contribution < 1.29 is 19.1 Å². The summed E-state index contributed by atoms with van der Waals surface area (Å²) in [5.41, 5.74) is 5.24. The smallest absolute Gasteiger partial charge is 0.242 e. The number of primary amides is 1. The second-order valence-corrected chi connectivity index (χ2v) is 4.26. The highest BCUT2D eigenvalue weighted by Gasteiger charge is 2.36. The lowest BCUT2D eigenvalue weighted by Gasteiger charge is -2.36. The molecule has 2 aliphatic rings. The van der Waals surface area contributed by atoms with Crippen LogP contribution in [0.4, 0.5) is 0 Å². The number of nitrogens with two attached hydrogens (primary N) is 1. The third-order valence-electron chi connectivity index (χ3n) is 3.05. The Morgan fingerprint density at radius 2 is 2.22 bits per heavy atom. The Bertz CT molecular complexity index is 363. The quantitative estimate of drug-likeness (QED) is 0.481. The number of hydrogen-bond donors (Lipinski definition) is 3. The zero-order valence-electron chi connectivity index (χ0n) is 9.85. The first-order valence-corrected chi connectivity index (χ1v) is 5.77. The lowest BCUT2D eigenvalue weighted by atomic mass is 10.1. The molecular weight excluding hydrogens is 240 g/mol. The summed E-state index contributed by atoms with van der Waals surface area (Å²) in [4.78, 5) is 35.9. The van der Waals surface area contributed by atoms with Crippen LogP contribution < -0.4 is 16.4 Å². The molecule has 3 amide bonds. The summed E-state index contributed by atoms with van der Waals surface area (Å²) in [5.74, 6) is -0.961. The van der Waals surface area contributed by atoms with E-state index in [0.717, 1.165) is 0 Å². The molecule has 0 bridgehead atoms. The molecule has 0 aliphatic carbocycles. The first-order chi connectivity index (χ1) is 8.59. The van der Waals surface area contributed by atoms with E-state index in [0.29, 0.717) is 13.2 Å². The van der Waals surface area contributed by atoms with Crippen molar-refractivity contribution in [2.45, 2.75) is 12.1 Å². The summed E-state index contributed by atoms with van der Waals surface area (Å²) >= 11 is 0. The van der Waals surface area contributed by atoms with E-state index in [4.69, 9.17) is 10.5 Å². The van der Waals surface area contributed by atoms with Gasteiger partial charge in [0.2, 0.25) is 17.7 Å². The third kappa shape index (κ3) is 2.59. The van der Waals surface area contributed by atoms with Crippen molar-refractivity contribution in [3.8, 4) is 0 Å². The van der Waals surface area contributed by atoms with Crippen LogP contribution in [0.2, 0.25) is 0 Å². The van der Waals surface area contributed by atoms with E-state index in [2.05, 4.69) is 10.6 Å². The lowest BCUT2D eigenvalue weighted by Crippen LogP contribution is -2.63. The van der Waals surface area contributed by atoms with Crippen molar-refractivity contribution in [3.05, 3.63) is 0 Å². The highest BCUT2D eigenvalue weighted by molar-refractivity contribution is 5.91. The Labute approximate surface area is 104 Å². The fraction of sp³-hybridized carbons (Fsp3) is 0.700. The fourth-order valence-electron chi connectivity index (χ4n) is 2.04. The molecule has 0 radical (unpaired) electrons. The van der Waals surface area contributed by atoms with Gasteiger partial charge in [-0.05, 0) is 0 Å². The number of nitrogens with one attached hydrogen (secondary N) is 2. The van der Waals surface area contributed by atoms with Gasteiger partial charge in [-0.3, -0.25) is 19.7 Å². The molecule has 18 heavy (non-hydrogen) atoms. The summed E-state index contributed by atoms with van der Waals surface area (Å²) in [6.45, 7) is 1.16. The number of piperazine rings is 1. The van der Waals surface area contributed by atoms with Gasteiger partial charge >= 0.3 is 0 Å². The van der Waals surface area contributed by atoms with Crippen LogP contribution in [0.25, 0.3) is 0 Å². The summed E-state index contributed by atoms with van der Waals surface area (Å²) in [6, 6.07) is -1.24. The van der Waals surface area contributed by atoms with Crippen LogP contribution in [0.1, 0.15) is 0 Å². The van der Waals surface area contributed by atoms with Gasteiger partial charge in [0.25, 0.3) is 0 Å². The number of hydrogen-bond acceptors (Lipinski definition) is 5. The SMILES string of the molecule is NC(=O)C1COCCN1C(=O)C1CNC(=O)CN1. The number of morpholine rings is 1. The number of ether oxygens (including phenoxy) is 1. The predicted molar refractivity (Wildman–Crippen MR) is 60.3 cm³/mol. The minimum Gasteiger partial charge on any atom is -0.377 e. The fourth-order valence-corrected chi connectivity index (χ4v) is 2.04. The first kappa shape index (κ1) is 12.8. The van der Waals surface area contributed by atoms with E-state index in [9.17, 15) is 14.4 Å². The minimum atomic E-state index is -0.731. The molecule has 8 nitrogen and oxygen atoms in total. The highest BCUT2D eigenvalue weighted by atomic mass is 16.5. The maximum absolute atomic E-state index is 12.2. The largest absolute Gasteiger partial charge is 0.377 e. The first-order valence-electron chi connectivity index (χ1n) is 5.77. The van der Waals surface area contributed by atoms with Crippen LogP contribution in [0.3, 0.4) is 0 Å². The summed E-state index contributed by atoms with van der Waals surface area (Å²) in [7, 11) is 0. The van der Waals surface area contributed by atoms with Gasteiger partial charge in [0.05, 0.1) is 19.8 Å². The molecule has 2 unspecified atom stereocenters. The molecule has 2 heterocycles. The molecule has 2 atom stereocenters. The Morgan fingerprint density at radius 3 is 2.83 bits per heavy atom. The molecule has 2 aliphatic heterocycles. The Balaban J connectivity index is 2.02. The Morgan fingerprint density at radius 1 is 1.44 bits per heavy atom. The topological polar surface area (TPSA) is 114 Å². The number of carbonyl (C=O) groups excluding carboxylic acids is 3. The van der Waals surface area contributed by atoms with Crippen LogP contribution >= 0.6 is 0 Å². The summed E-state index contributed by atoms with van der Waals surface area (Å²) in [6.07, 6.45) is 0. The molecule has 4 N–H and O–H groups in total. The average molecular weight is 256 g/mol. The third-order valence-corrected chi connectivity index (χ3v) is 3.05. The van der Waals surface area contributed by atoms with Crippen LogP contribution in [0.15, 0.2) is 0 Å². The van der Waals surface area contributed by atoms with Gasteiger partial charge < -0.3 is 20.7 Å². The Kier molecular flexibility index (Phi) is 3.78. The van der Waals surface area contributed by atoms with Crippen LogP contribution in [0, 0.1) is 0 Å². The van der Waals surface area contributed by atoms with E-state index >= 15 is 0 Å². The van der Waals surface area contributed by atoms with Gasteiger partial charge in [-0.15, -0.1) is 0 Å². The maximum Gasteiger partial charge on any atom is 0.242 e. The van der Waals surface area contributed by atoms with Crippen molar-refractivity contribution in [1.29, 1.82) is 0 Å². The van der Waals surface area contributed by atoms with Gasteiger partial charge in [-0.2, -0.15) is 0 Å². The second-order valence-electron chi connectivity index (χ2n) is 4.26. The molecule has 2 fully saturated rings. The monoisotopic (exact) mass is 256 g/mol. The molecule has 0 aromatic rings. The standard InChI is InChI=1S/C10H16N4O4/c11-9(16)7-5-18-2-1-14(7)10(17)6-3-13-8(15)4-12-6/h6-7,12H,1-5H2,(H2,11,16)(H,13,15). The van der Waals surface area contributed by atoms with Crippen LogP contribution in [-0.4, -0.2) is 67.6 Å². The van der Waals surface area contributed by atoms with E-state index in [1.54, 1.807) is 0 Å². The normalized spacial score (nSPS) is 28.7. The minimum absolute atomic E-state index is 0.0992. The molecule has 2 saturated heterocycles. The van der Waals surface area contributed by atoms with Gasteiger partial charge in [0.15, 0.2) is 0 Å². The second kappa shape index (κ2) is 5.32. The molecule has 8 heteroatoms. The summed E-state index contributed by atoms with van der Waals surface area (Å²) in [5, 5.41) is 5.43. The van der Waals surface area contributed by atoms with Gasteiger partial charge in [-0.25, -0.2) is 0 Å². The zero-order chi connectivity index (χ0) is 13.1. The molecule has 0 aromatic carbocycles. The van der Waals surface area contributed by atoms with E-state index in [1.807, 2.05) is 0 Å². The summed E-state index contributed by atoms with van der Waals surface area (Å²) < 4.78 is 5.14. The molecule has 0 spiro atoms.